The van der Waals surface area contributed by atoms with Crippen molar-refractivity contribution < 1.29 is 17.9 Å². The van der Waals surface area contributed by atoms with Crippen molar-refractivity contribution >= 4 is 38.2 Å². The highest BCUT2D eigenvalue weighted by Crippen LogP contribution is 2.29. The van der Waals surface area contributed by atoms with E-state index in [2.05, 4.69) is 15.0 Å². The van der Waals surface area contributed by atoms with Gasteiger partial charge >= 0.3 is 0 Å². The number of unbranched alkanes of at least 4 members (excludes halogenated alkanes) is 1. The van der Waals surface area contributed by atoms with Gasteiger partial charge < -0.3 is 10.1 Å². The van der Waals surface area contributed by atoms with E-state index < -0.39 is 10.0 Å². The minimum Gasteiger partial charge on any atom is -0.379 e. The van der Waals surface area contributed by atoms with Crippen LogP contribution in [0, 0.1) is 0 Å². The Morgan fingerprint density at radius 2 is 1.97 bits per heavy atom. The van der Waals surface area contributed by atoms with Crippen LogP contribution in [0.3, 0.4) is 0 Å². The third-order valence-electron chi connectivity index (χ3n) is 4.99. The Morgan fingerprint density at radius 3 is 2.67 bits per heavy atom. The summed E-state index contributed by atoms with van der Waals surface area (Å²) in [6.45, 7) is 7.33. The summed E-state index contributed by atoms with van der Waals surface area (Å²) in [5, 5.41) is 5.39. The van der Waals surface area contributed by atoms with Crippen molar-refractivity contribution in [1.82, 2.24) is 15.0 Å². The molecule has 33 heavy (non-hydrogen) atoms. The van der Waals surface area contributed by atoms with Crippen molar-refractivity contribution in [3.8, 4) is 10.6 Å². The zero-order valence-corrected chi connectivity index (χ0v) is 20.9. The number of fused-ring (bicyclic) bond motifs is 1. The van der Waals surface area contributed by atoms with Crippen molar-refractivity contribution in [2.75, 3.05) is 19.7 Å². The molecule has 1 amide bonds. The van der Waals surface area contributed by atoms with Gasteiger partial charge in [-0.15, -0.1) is 11.3 Å². The molecule has 0 unspecified atom stereocenters. The molecule has 0 aliphatic rings. The van der Waals surface area contributed by atoms with Crippen LogP contribution in [0.5, 0.6) is 0 Å². The number of nitrogens with zero attached hydrogens (tertiary/aromatic N) is 1. The lowest BCUT2D eigenvalue weighted by Gasteiger charge is -2.12. The summed E-state index contributed by atoms with van der Waals surface area (Å²) in [5.74, 6) is -0.266. The van der Waals surface area contributed by atoms with Gasteiger partial charge in [0.05, 0.1) is 32.7 Å². The van der Waals surface area contributed by atoms with Gasteiger partial charge in [0, 0.05) is 25.1 Å². The van der Waals surface area contributed by atoms with Crippen molar-refractivity contribution in [3.63, 3.8) is 0 Å². The van der Waals surface area contributed by atoms with Crippen LogP contribution in [-0.2, 0) is 14.8 Å². The number of rotatable bonds is 12. The van der Waals surface area contributed by atoms with Gasteiger partial charge in [-0.25, -0.2) is 18.1 Å². The second-order valence-corrected chi connectivity index (χ2v) is 10.7. The summed E-state index contributed by atoms with van der Waals surface area (Å²) in [6.07, 6.45) is 2.48. The van der Waals surface area contributed by atoms with Crippen molar-refractivity contribution in [2.24, 2.45) is 0 Å². The van der Waals surface area contributed by atoms with E-state index in [0.29, 0.717) is 48.3 Å². The summed E-state index contributed by atoms with van der Waals surface area (Å²) in [5.41, 5.74) is 1.66. The molecule has 2 heterocycles. The Hall–Kier alpha value is -2.33. The fraction of sp³-hybridized carbons (Fsp3) is 0.417. The molecular weight excluding hydrogens is 458 g/mol. The molecule has 0 bridgehead atoms. The number of benzene rings is 1. The average molecular weight is 490 g/mol. The molecule has 0 saturated carbocycles. The van der Waals surface area contributed by atoms with Gasteiger partial charge in [0.15, 0.2) is 0 Å². The molecule has 0 fully saturated rings. The summed E-state index contributed by atoms with van der Waals surface area (Å²) in [6, 6.07) is 10.3. The predicted molar refractivity (Wildman–Crippen MR) is 133 cm³/mol. The molecule has 0 aliphatic heterocycles. The van der Waals surface area contributed by atoms with E-state index in [1.165, 1.54) is 23.5 Å². The molecule has 0 aliphatic carbocycles. The van der Waals surface area contributed by atoms with E-state index in [1.807, 2.05) is 38.3 Å². The number of aromatic nitrogens is 1. The minimum absolute atomic E-state index is 0.121. The van der Waals surface area contributed by atoms with Crippen LogP contribution in [0.2, 0.25) is 0 Å². The normalized spacial score (nSPS) is 11.9. The number of sulfonamides is 1. The molecule has 9 heteroatoms. The maximum atomic E-state index is 13.1. The molecule has 3 aromatic rings. The highest BCUT2D eigenvalue weighted by Gasteiger charge is 2.19. The molecule has 1 aromatic carbocycles. The van der Waals surface area contributed by atoms with E-state index >= 15 is 0 Å². The highest BCUT2D eigenvalue weighted by atomic mass is 32.2. The monoisotopic (exact) mass is 489 g/mol. The quantitative estimate of drug-likeness (QED) is 0.363. The molecule has 0 atom stereocenters. The minimum atomic E-state index is -3.68. The molecule has 0 spiro atoms. The molecule has 178 valence electrons. The molecule has 0 radical (unpaired) electrons. The SMILES string of the molecule is CCCCNS(=O)(=O)c1ccc2nc(-c3cccs3)cc(C(=O)NCCCOC(C)C)c2c1. The number of ether oxygens (including phenoxy) is 1. The van der Waals surface area contributed by atoms with Gasteiger partial charge in [-0.1, -0.05) is 19.4 Å². The number of amides is 1. The molecule has 2 aromatic heterocycles. The number of carbonyl (C=O) groups is 1. The topological polar surface area (TPSA) is 97.4 Å². The first-order valence-electron chi connectivity index (χ1n) is 11.2. The number of hydrogen-bond acceptors (Lipinski definition) is 6. The summed E-state index contributed by atoms with van der Waals surface area (Å²) in [7, 11) is -3.68. The van der Waals surface area contributed by atoms with Gasteiger partial charge in [-0.05, 0) is 62.4 Å². The maximum Gasteiger partial charge on any atom is 0.252 e. The second kappa shape index (κ2) is 11.7. The Bertz CT molecular complexity index is 1180. The van der Waals surface area contributed by atoms with Gasteiger partial charge in [0.25, 0.3) is 5.91 Å². The summed E-state index contributed by atoms with van der Waals surface area (Å²) < 4.78 is 33.6. The van der Waals surface area contributed by atoms with E-state index in [9.17, 15) is 13.2 Å². The third kappa shape index (κ3) is 6.83. The Morgan fingerprint density at radius 1 is 1.15 bits per heavy atom. The van der Waals surface area contributed by atoms with Crippen LogP contribution in [0.25, 0.3) is 21.5 Å². The largest absolute Gasteiger partial charge is 0.379 e. The molecule has 2 N–H and O–H groups in total. The van der Waals surface area contributed by atoms with E-state index in [1.54, 1.807) is 12.1 Å². The van der Waals surface area contributed by atoms with Gasteiger partial charge in [-0.3, -0.25) is 4.79 Å². The zero-order valence-electron chi connectivity index (χ0n) is 19.3. The van der Waals surface area contributed by atoms with Gasteiger partial charge in [0.2, 0.25) is 10.0 Å². The van der Waals surface area contributed by atoms with Crippen molar-refractivity contribution in [1.29, 1.82) is 0 Å². The number of pyridine rings is 1. The zero-order chi connectivity index (χ0) is 23.8. The van der Waals surface area contributed by atoms with Gasteiger partial charge in [-0.2, -0.15) is 0 Å². The Balaban J connectivity index is 1.94. The lowest BCUT2D eigenvalue weighted by atomic mass is 10.1. The van der Waals surface area contributed by atoms with E-state index in [-0.39, 0.29) is 16.9 Å². The molecule has 3 rings (SSSR count). The second-order valence-electron chi connectivity index (χ2n) is 7.99. The van der Waals surface area contributed by atoms with Crippen molar-refractivity contribution in [2.45, 2.75) is 51.0 Å². The Labute approximate surface area is 199 Å². The fourth-order valence-corrected chi connectivity index (χ4v) is 5.05. The standard InChI is InChI=1S/C24H31N3O4S2/c1-4-5-12-26-33(29,30)18-9-10-21-19(15-18)20(16-22(27-21)23-8-6-14-32-23)24(28)25-11-7-13-31-17(2)3/h6,8-10,14-17,26H,4-5,7,11-13H2,1-3H3,(H,25,28). The number of thiophene rings is 1. The predicted octanol–water partition coefficient (Wildman–Crippen LogP) is 4.59. The smallest absolute Gasteiger partial charge is 0.252 e. The lowest BCUT2D eigenvalue weighted by molar-refractivity contribution is 0.0757. The van der Waals surface area contributed by atoms with Crippen LogP contribution in [0.15, 0.2) is 46.7 Å². The molecule has 0 saturated heterocycles. The van der Waals surface area contributed by atoms with Crippen molar-refractivity contribution in [3.05, 3.63) is 47.3 Å². The van der Waals surface area contributed by atoms with Crippen LogP contribution in [0.4, 0.5) is 0 Å². The van der Waals surface area contributed by atoms with Crippen LogP contribution < -0.4 is 10.0 Å². The number of carbonyl (C=O) groups excluding carboxylic acids is 1. The highest BCUT2D eigenvalue weighted by molar-refractivity contribution is 7.89. The van der Waals surface area contributed by atoms with Crippen LogP contribution >= 0.6 is 11.3 Å². The summed E-state index contributed by atoms with van der Waals surface area (Å²) >= 11 is 1.53. The summed E-state index contributed by atoms with van der Waals surface area (Å²) in [4.78, 5) is 18.9. The molecule has 7 nitrogen and oxygen atoms in total. The first-order chi connectivity index (χ1) is 15.8. The lowest BCUT2D eigenvalue weighted by Crippen LogP contribution is -2.26. The Kier molecular flexibility index (Phi) is 8.96. The fourth-order valence-electron chi connectivity index (χ4n) is 3.27. The van der Waals surface area contributed by atoms with E-state index in [0.717, 1.165) is 17.7 Å². The number of nitrogens with one attached hydrogen (secondary N) is 2. The van der Waals surface area contributed by atoms with Crippen LogP contribution in [-0.4, -0.2) is 45.1 Å². The number of hydrogen-bond donors (Lipinski definition) is 2. The first-order valence-corrected chi connectivity index (χ1v) is 13.6. The maximum absolute atomic E-state index is 13.1. The van der Waals surface area contributed by atoms with Gasteiger partial charge in [0.1, 0.15) is 0 Å². The van der Waals surface area contributed by atoms with E-state index in [4.69, 9.17) is 4.74 Å². The third-order valence-corrected chi connectivity index (χ3v) is 7.34. The average Bonchev–Trinajstić information content (AvgIpc) is 3.32. The first kappa shape index (κ1) is 25.3. The molecular formula is C24H31N3O4S2. The van der Waals surface area contributed by atoms with Crippen LogP contribution in [0.1, 0.15) is 50.4 Å².